The van der Waals surface area contributed by atoms with Gasteiger partial charge in [0, 0.05) is 18.3 Å². The fraction of sp³-hybridized carbons (Fsp3) is 0.240. The van der Waals surface area contributed by atoms with Gasteiger partial charge in [-0.05, 0) is 42.3 Å². The predicted octanol–water partition coefficient (Wildman–Crippen LogP) is 4.19. The first-order valence-electron chi connectivity index (χ1n) is 10.2. The van der Waals surface area contributed by atoms with Crippen LogP contribution in [0.3, 0.4) is 0 Å². The average Bonchev–Trinajstić information content (AvgIpc) is 2.77. The first-order chi connectivity index (χ1) is 14.5. The van der Waals surface area contributed by atoms with Crippen molar-refractivity contribution >= 4 is 17.5 Å². The predicted molar refractivity (Wildman–Crippen MR) is 119 cm³/mol. The average molecular weight is 402 g/mol. The summed E-state index contributed by atoms with van der Waals surface area (Å²) in [6, 6.07) is 21.4. The molecule has 2 aromatic carbocycles. The molecule has 0 aliphatic heterocycles. The van der Waals surface area contributed by atoms with Crippen LogP contribution in [0, 0.1) is 6.92 Å². The summed E-state index contributed by atoms with van der Waals surface area (Å²) >= 11 is 0. The van der Waals surface area contributed by atoms with E-state index in [9.17, 15) is 9.59 Å². The minimum Gasteiger partial charge on any atom is -0.350 e. The Morgan fingerprint density at radius 2 is 1.77 bits per heavy atom. The summed E-state index contributed by atoms with van der Waals surface area (Å²) in [5.41, 5.74) is 4.82. The second-order valence-corrected chi connectivity index (χ2v) is 7.26. The van der Waals surface area contributed by atoms with Gasteiger partial charge < -0.3 is 10.2 Å². The summed E-state index contributed by atoms with van der Waals surface area (Å²) in [5, 5.41) is 2.88. The topological polar surface area (TPSA) is 62.3 Å². The summed E-state index contributed by atoms with van der Waals surface area (Å²) in [6.45, 7) is 4.85. The van der Waals surface area contributed by atoms with Crippen molar-refractivity contribution in [3.63, 3.8) is 0 Å². The first kappa shape index (κ1) is 21.2. The molecule has 2 amide bonds. The largest absolute Gasteiger partial charge is 0.350 e. The SMILES string of the molecule is CCC(=O)N(Cc1cccc(C)c1)c1ccc(CC(=O)NCc2ccccn2)cc1. The number of nitrogens with zero attached hydrogens (tertiary/aromatic N) is 2. The molecule has 0 aliphatic rings. The zero-order chi connectivity index (χ0) is 21.3. The summed E-state index contributed by atoms with van der Waals surface area (Å²) in [7, 11) is 0. The number of rotatable bonds is 8. The van der Waals surface area contributed by atoms with Crippen molar-refractivity contribution in [3.05, 3.63) is 95.3 Å². The molecule has 30 heavy (non-hydrogen) atoms. The van der Waals surface area contributed by atoms with Crippen LogP contribution in [0.25, 0.3) is 0 Å². The Hall–Kier alpha value is -3.47. The van der Waals surface area contributed by atoms with Crippen LogP contribution in [0.2, 0.25) is 0 Å². The van der Waals surface area contributed by atoms with E-state index in [0.717, 1.165) is 22.5 Å². The van der Waals surface area contributed by atoms with E-state index in [4.69, 9.17) is 0 Å². The van der Waals surface area contributed by atoms with Crippen molar-refractivity contribution in [2.45, 2.75) is 39.8 Å². The van der Waals surface area contributed by atoms with Crippen molar-refractivity contribution in [3.8, 4) is 0 Å². The van der Waals surface area contributed by atoms with Gasteiger partial charge in [-0.3, -0.25) is 14.6 Å². The Kier molecular flexibility index (Phi) is 7.33. The standard InChI is InChI=1S/C25H27N3O2/c1-3-25(30)28(18-21-8-6-7-19(2)15-21)23-12-10-20(11-13-23)16-24(29)27-17-22-9-4-5-14-26-22/h4-15H,3,16-18H2,1-2H3,(H,27,29). The molecule has 1 heterocycles. The molecule has 0 saturated carbocycles. The molecule has 0 atom stereocenters. The summed E-state index contributed by atoms with van der Waals surface area (Å²) in [5.74, 6) is 0.00650. The van der Waals surface area contributed by atoms with Crippen LogP contribution in [0.5, 0.6) is 0 Å². The molecule has 0 bridgehead atoms. The number of carbonyl (C=O) groups excluding carboxylic acids is 2. The minimum absolute atomic E-state index is 0.0605. The third kappa shape index (κ3) is 6.01. The van der Waals surface area contributed by atoms with Gasteiger partial charge in [0.2, 0.25) is 11.8 Å². The van der Waals surface area contributed by atoms with Crippen molar-refractivity contribution in [2.75, 3.05) is 4.90 Å². The number of pyridine rings is 1. The van der Waals surface area contributed by atoms with Gasteiger partial charge in [0.05, 0.1) is 25.2 Å². The molecule has 3 rings (SSSR count). The molecular weight excluding hydrogens is 374 g/mol. The van der Waals surface area contributed by atoms with E-state index in [1.165, 1.54) is 5.56 Å². The molecule has 0 unspecified atom stereocenters. The Morgan fingerprint density at radius 1 is 0.967 bits per heavy atom. The lowest BCUT2D eigenvalue weighted by molar-refractivity contribution is -0.120. The van der Waals surface area contributed by atoms with E-state index in [0.29, 0.717) is 19.5 Å². The Labute approximate surface area is 177 Å². The Morgan fingerprint density at radius 3 is 2.43 bits per heavy atom. The molecule has 0 fully saturated rings. The normalized spacial score (nSPS) is 10.5. The van der Waals surface area contributed by atoms with Gasteiger partial charge in [-0.25, -0.2) is 0 Å². The van der Waals surface area contributed by atoms with Crippen LogP contribution < -0.4 is 10.2 Å². The van der Waals surface area contributed by atoms with Crippen molar-refractivity contribution in [1.82, 2.24) is 10.3 Å². The van der Waals surface area contributed by atoms with Gasteiger partial charge in [-0.15, -0.1) is 0 Å². The van der Waals surface area contributed by atoms with E-state index in [2.05, 4.69) is 16.4 Å². The number of hydrogen-bond donors (Lipinski definition) is 1. The van der Waals surface area contributed by atoms with Crippen molar-refractivity contribution in [1.29, 1.82) is 0 Å². The van der Waals surface area contributed by atoms with Crippen LogP contribution in [0.4, 0.5) is 5.69 Å². The lowest BCUT2D eigenvalue weighted by Crippen LogP contribution is -2.29. The molecular formula is C25H27N3O2. The first-order valence-corrected chi connectivity index (χ1v) is 10.2. The number of benzene rings is 2. The fourth-order valence-electron chi connectivity index (χ4n) is 3.24. The maximum Gasteiger partial charge on any atom is 0.227 e. The van der Waals surface area contributed by atoms with E-state index < -0.39 is 0 Å². The van der Waals surface area contributed by atoms with Crippen LogP contribution in [0.1, 0.15) is 35.7 Å². The monoisotopic (exact) mass is 401 g/mol. The number of aryl methyl sites for hydroxylation is 1. The zero-order valence-electron chi connectivity index (χ0n) is 17.5. The highest BCUT2D eigenvalue weighted by Gasteiger charge is 2.15. The highest BCUT2D eigenvalue weighted by molar-refractivity contribution is 5.93. The minimum atomic E-state index is -0.0605. The second kappa shape index (κ2) is 10.3. The molecule has 1 aromatic heterocycles. The molecule has 0 saturated heterocycles. The van der Waals surface area contributed by atoms with Crippen LogP contribution in [-0.2, 0) is 29.1 Å². The van der Waals surface area contributed by atoms with Crippen LogP contribution in [0.15, 0.2) is 72.9 Å². The third-order valence-corrected chi connectivity index (χ3v) is 4.83. The summed E-state index contributed by atoms with van der Waals surface area (Å²) in [4.78, 5) is 30.8. The van der Waals surface area contributed by atoms with Gasteiger partial charge >= 0.3 is 0 Å². The van der Waals surface area contributed by atoms with E-state index >= 15 is 0 Å². The number of amides is 2. The van der Waals surface area contributed by atoms with E-state index in [-0.39, 0.29) is 18.2 Å². The summed E-state index contributed by atoms with van der Waals surface area (Å²) in [6.07, 6.45) is 2.43. The van der Waals surface area contributed by atoms with E-state index in [1.54, 1.807) is 11.1 Å². The van der Waals surface area contributed by atoms with Gasteiger partial charge in [0.25, 0.3) is 0 Å². The maximum atomic E-state index is 12.5. The van der Waals surface area contributed by atoms with Crippen LogP contribution in [-0.4, -0.2) is 16.8 Å². The Balaban J connectivity index is 1.64. The highest BCUT2D eigenvalue weighted by Crippen LogP contribution is 2.20. The molecule has 154 valence electrons. The third-order valence-electron chi connectivity index (χ3n) is 4.83. The lowest BCUT2D eigenvalue weighted by Gasteiger charge is -2.23. The van der Waals surface area contributed by atoms with Crippen molar-refractivity contribution in [2.24, 2.45) is 0 Å². The number of hydrogen-bond acceptors (Lipinski definition) is 3. The highest BCUT2D eigenvalue weighted by atomic mass is 16.2. The second-order valence-electron chi connectivity index (χ2n) is 7.26. The molecule has 5 nitrogen and oxygen atoms in total. The maximum absolute atomic E-state index is 12.5. The van der Waals surface area contributed by atoms with Gasteiger partial charge in [-0.2, -0.15) is 0 Å². The molecule has 0 radical (unpaired) electrons. The lowest BCUT2D eigenvalue weighted by atomic mass is 10.1. The molecule has 1 N–H and O–H groups in total. The Bertz CT molecular complexity index is 985. The van der Waals surface area contributed by atoms with E-state index in [1.807, 2.05) is 74.5 Å². The van der Waals surface area contributed by atoms with Crippen LogP contribution >= 0.6 is 0 Å². The quantitative estimate of drug-likeness (QED) is 0.616. The number of carbonyl (C=O) groups is 2. The molecule has 0 aliphatic carbocycles. The molecule has 5 heteroatoms. The van der Waals surface area contributed by atoms with Gasteiger partial charge in [-0.1, -0.05) is 55.0 Å². The zero-order valence-corrected chi connectivity index (χ0v) is 17.5. The van der Waals surface area contributed by atoms with Crippen molar-refractivity contribution < 1.29 is 9.59 Å². The smallest absolute Gasteiger partial charge is 0.227 e. The fourth-order valence-corrected chi connectivity index (χ4v) is 3.24. The molecule has 0 spiro atoms. The number of anilines is 1. The molecule has 3 aromatic rings. The number of nitrogens with one attached hydrogen (secondary N) is 1. The number of aromatic nitrogens is 1. The summed E-state index contributed by atoms with van der Waals surface area (Å²) < 4.78 is 0. The van der Waals surface area contributed by atoms with Gasteiger partial charge in [0.15, 0.2) is 0 Å². The van der Waals surface area contributed by atoms with Gasteiger partial charge in [0.1, 0.15) is 0 Å².